The molecule has 2 saturated heterocycles. The van der Waals surface area contributed by atoms with Crippen LogP contribution >= 0.6 is 0 Å². The van der Waals surface area contributed by atoms with Gasteiger partial charge in [0.25, 0.3) is 5.91 Å². The van der Waals surface area contributed by atoms with Crippen molar-refractivity contribution in [2.75, 3.05) is 45.2 Å². The number of anilines is 1. The van der Waals surface area contributed by atoms with Crippen molar-refractivity contribution in [2.24, 2.45) is 5.92 Å². The quantitative estimate of drug-likeness (QED) is 0.439. The number of carbonyl (C=O) groups is 3. The topological polar surface area (TPSA) is 84.4 Å². The van der Waals surface area contributed by atoms with Crippen molar-refractivity contribution < 1.29 is 50.2 Å². The van der Waals surface area contributed by atoms with Gasteiger partial charge in [0, 0.05) is 57.8 Å². The molecule has 2 aromatic rings. The fraction of sp³-hybridized carbons (Fsp3) is 0.516. The summed E-state index contributed by atoms with van der Waals surface area (Å²) in [6, 6.07) is 4.60. The molecule has 15 heteroatoms. The zero-order valence-corrected chi connectivity index (χ0v) is 25.6. The monoisotopic (exact) mass is 660 g/mol. The summed E-state index contributed by atoms with van der Waals surface area (Å²) in [5.74, 6) is -2.24. The van der Waals surface area contributed by atoms with Gasteiger partial charge in [0.05, 0.1) is 17.2 Å². The highest BCUT2D eigenvalue weighted by Crippen LogP contribution is 2.39. The lowest BCUT2D eigenvalue weighted by Gasteiger charge is -2.36. The first-order valence-corrected chi connectivity index (χ1v) is 14.5. The minimum absolute atomic E-state index is 0.00381. The summed E-state index contributed by atoms with van der Waals surface area (Å²) < 4.78 is 94.6. The summed E-state index contributed by atoms with van der Waals surface area (Å²) in [6.07, 6.45) is -9.55. The van der Waals surface area contributed by atoms with Gasteiger partial charge >= 0.3 is 18.4 Å². The van der Waals surface area contributed by atoms with E-state index < -0.39 is 70.4 Å². The lowest BCUT2D eigenvalue weighted by molar-refractivity contribution is -0.151. The maximum absolute atomic E-state index is 13.8. The Kier molecular flexibility index (Phi) is 9.68. The molecule has 1 N–H and O–H groups in total. The van der Waals surface area contributed by atoms with Gasteiger partial charge in [-0.25, -0.2) is 9.18 Å². The van der Waals surface area contributed by atoms with Gasteiger partial charge < -0.3 is 19.8 Å². The van der Waals surface area contributed by atoms with Crippen molar-refractivity contribution in [2.45, 2.75) is 56.6 Å². The number of aliphatic hydroxyl groups is 1. The van der Waals surface area contributed by atoms with Gasteiger partial charge in [-0.05, 0) is 62.6 Å². The third-order valence-electron chi connectivity index (χ3n) is 8.60. The molecule has 2 unspecified atom stereocenters. The van der Waals surface area contributed by atoms with Gasteiger partial charge in [0.15, 0.2) is 0 Å². The minimum atomic E-state index is -5.11. The second kappa shape index (κ2) is 12.7. The van der Waals surface area contributed by atoms with Crippen LogP contribution in [0.25, 0.3) is 0 Å². The Labute approximate surface area is 261 Å². The van der Waals surface area contributed by atoms with E-state index >= 15 is 0 Å². The lowest BCUT2D eigenvalue weighted by Crippen LogP contribution is -2.50. The average molecular weight is 661 g/mol. The van der Waals surface area contributed by atoms with Gasteiger partial charge in [0.1, 0.15) is 11.4 Å². The smallest absolute Gasteiger partial charge is 0.381 e. The number of carbonyl (C=O) groups excluding carboxylic acids is 3. The molecule has 2 heterocycles. The fourth-order valence-electron chi connectivity index (χ4n) is 5.99. The maximum atomic E-state index is 13.8. The number of piperidine rings is 1. The Morgan fingerprint density at radius 3 is 1.83 bits per heavy atom. The van der Waals surface area contributed by atoms with Crippen molar-refractivity contribution in [3.8, 4) is 0 Å². The summed E-state index contributed by atoms with van der Waals surface area (Å²) in [5, 5.41) is 10.1. The SMILES string of the molecule is CN(C(=O)N(C)C1CN(C(=O)C2CCN(C(=O)C(C)(C)O)CC2)CC1c1ccc(F)cc1)c1cc(C(F)(F)F)cc(C(F)(F)F)c1. The Morgan fingerprint density at radius 1 is 0.826 bits per heavy atom. The molecule has 0 saturated carbocycles. The Balaban J connectivity index is 1.58. The highest BCUT2D eigenvalue weighted by molar-refractivity contribution is 5.92. The van der Waals surface area contributed by atoms with Crippen molar-refractivity contribution >= 4 is 23.5 Å². The number of alkyl halides is 6. The summed E-state index contributed by atoms with van der Waals surface area (Å²) in [6.45, 7) is 3.36. The number of likely N-dealkylation sites (N-methyl/N-ethyl adjacent to an activating group) is 1. The molecule has 252 valence electrons. The first-order chi connectivity index (χ1) is 21.2. The van der Waals surface area contributed by atoms with Gasteiger partial charge in [-0.15, -0.1) is 0 Å². The molecular weight excluding hydrogens is 625 g/mol. The van der Waals surface area contributed by atoms with E-state index in [4.69, 9.17) is 0 Å². The molecule has 0 radical (unpaired) electrons. The molecule has 0 bridgehead atoms. The Hall–Kier alpha value is -3.88. The van der Waals surface area contributed by atoms with E-state index in [0.717, 1.165) is 7.05 Å². The number of urea groups is 1. The molecule has 0 spiro atoms. The molecular formula is C31H35F7N4O4. The van der Waals surface area contributed by atoms with E-state index in [1.807, 2.05) is 0 Å². The highest BCUT2D eigenvalue weighted by atomic mass is 19.4. The summed E-state index contributed by atoms with van der Waals surface area (Å²) in [5.41, 5.74) is -4.76. The van der Waals surface area contributed by atoms with Crippen LogP contribution in [-0.2, 0) is 21.9 Å². The van der Waals surface area contributed by atoms with Gasteiger partial charge in [0.2, 0.25) is 5.91 Å². The molecule has 2 aliphatic rings. The molecule has 2 atom stereocenters. The van der Waals surface area contributed by atoms with Gasteiger partial charge in [-0.2, -0.15) is 26.3 Å². The number of benzene rings is 2. The van der Waals surface area contributed by atoms with Crippen molar-refractivity contribution in [1.82, 2.24) is 14.7 Å². The molecule has 46 heavy (non-hydrogen) atoms. The summed E-state index contributed by atoms with van der Waals surface area (Å²) in [4.78, 5) is 44.6. The van der Waals surface area contributed by atoms with Crippen LogP contribution in [0.5, 0.6) is 0 Å². The Bertz CT molecular complexity index is 1420. The molecule has 0 aliphatic carbocycles. The average Bonchev–Trinajstić information content (AvgIpc) is 3.43. The number of nitrogens with zero attached hydrogens (tertiary/aromatic N) is 4. The lowest BCUT2D eigenvalue weighted by atomic mass is 9.93. The van der Waals surface area contributed by atoms with Crippen LogP contribution in [0.4, 0.5) is 41.2 Å². The predicted octanol–water partition coefficient (Wildman–Crippen LogP) is 5.36. The summed E-state index contributed by atoms with van der Waals surface area (Å²) >= 11 is 0. The number of hydrogen-bond donors (Lipinski definition) is 1. The second-order valence-corrected chi connectivity index (χ2v) is 12.3. The van der Waals surface area contributed by atoms with Crippen molar-refractivity contribution in [1.29, 1.82) is 0 Å². The number of halogens is 7. The van der Waals surface area contributed by atoms with E-state index in [9.17, 15) is 50.2 Å². The Morgan fingerprint density at radius 2 is 1.35 bits per heavy atom. The van der Waals surface area contributed by atoms with Crippen LogP contribution in [0.15, 0.2) is 42.5 Å². The maximum Gasteiger partial charge on any atom is 0.416 e. The van der Waals surface area contributed by atoms with E-state index in [1.165, 1.54) is 59.9 Å². The molecule has 0 aromatic heterocycles. The minimum Gasteiger partial charge on any atom is -0.381 e. The van der Waals surface area contributed by atoms with Crippen LogP contribution in [0.2, 0.25) is 0 Å². The van der Waals surface area contributed by atoms with Crippen LogP contribution < -0.4 is 4.90 Å². The number of hydrogen-bond acceptors (Lipinski definition) is 4. The first kappa shape index (κ1) is 35.0. The molecule has 4 amide bonds. The third-order valence-corrected chi connectivity index (χ3v) is 8.60. The van der Waals surface area contributed by atoms with Crippen LogP contribution in [0.3, 0.4) is 0 Å². The second-order valence-electron chi connectivity index (χ2n) is 12.3. The van der Waals surface area contributed by atoms with Crippen molar-refractivity contribution in [3.63, 3.8) is 0 Å². The fourth-order valence-corrected chi connectivity index (χ4v) is 5.99. The normalized spacial score (nSPS) is 19.7. The molecule has 2 aromatic carbocycles. The van der Waals surface area contributed by atoms with E-state index in [-0.39, 0.29) is 38.2 Å². The summed E-state index contributed by atoms with van der Waals surface area (Å²) in [7, 11) is 2.40. The third kappa shape index (κ3) is 7.56. The van der Waals surface area contributed by atoms with E-state index in [0.29, 0.717) is 35.4 Å². The largest absolute Gasteiger partial charge is 0.416 e. The number of likely N-dealkylation sites (tertiary alicyclic amines) is 2. The van der Waals surface area contributed by atoms with Gasteiger partial charge in [-0.3, -0.25) is 14.5 Å². The standard InChI is InChI=1S/C31H35F7N4O4/c1-29(2,46)27(44)41-11-9-19(10-12-41)26(43)42-16-24(18-5-7-22(32)8-6-18)25(17-42)40(4)28(45)39(3)23-14-20(30(33,34)35)13-21(15-23)31(36,37)38/h5-8,13-15,19,24-25,46H,9-12,16-17H2,1-4H3. The van der Waals surface area contributed by atoms with Crippen LogP contribution in [0.1, 0.15) is 49.3 Å². The zero-order valence-electron chi connectivity index (χ0n) is 25.6. The van der Waals surface area contributed by atoms with Crippen molar-refractivity contribution in [3.05, 3.63) is 65.0 Å². The van der Waals surface area contributed by atoms with Gasteiger partial charge in [-0.1, -0.05) is 12.1 Å². The van der Waals surface area contributed by atoms with E-state index in [2.05, 4.69) is 0 Å². The number of amides is 4. The first-order valence-electron chi connectivity index (χ1n) is 14.5. The number of rotatable bonds is 5. The molecule has 4 rings (SSSR count). The predicted molar refractivity (Wildman–Crippen MR) is 153 cm³/mol. The molecule has 8 nitrogen and oxygen atoms in total. The zero-order chi connectivity index (χ0) is 34.4. The molecule has 2 fully saturated rings. The van der Waals surface area contributed by atoms with Crippen LogP contribution in [-0.4, -0.2) is 89.6 Å². The molecule has 2 aliphatic heterocycles. The van der Waals surface area contributed by atoms with Crippen LogP contribution in [0, 0.1) is 11.7 Å². The van der Waals surface area contributed by atoms with E-state index in [1.54, 1.807) is 0 Å². The highest BCUT2D eigenvalue weighted by Gasteiger charge is 2.44.